The van der Waals surface area contributed by atoms with Crippen molar-refractivity contribution in [3.8, 4) is 6.07 Å². The highest BCUT2D eigenvalue weighted by Crippen LogP contribution is 2.21. The Morgan fingerprint density at radius 2 is 2.07 bits per heavy atom. The van der Waals surface area contributed by atoms with Gasteiger partial charge in [-0.2, -0.15) is 5.26 Å². The number of pyridine rings is 2. The summed E-state index contributed by atoms with van der Waals surface area (Å²) in [5, 5.41) is 9.44. The minimum Gasteiger partial charge on any atom is -0.321 e. The molecule has 1 fully saturated rings. The molecule has 1 atom stereocenters. The standard InChI is InChI=1S/C22H22N4O2/c1-15-4-2-3-5-17(15)14-25-8-6-16(12-25)13-26-9-7-20-19(22(26)28)10-18(11-23)21(27)24-20/h2-5,7,9-10,16H,6,8,12-14H2,1H3,(H,24,27). The number of nitrogens with one attached hydrogen (secondary N) is 1. The molecule has 6 heteroatoms. The number of likely N-dealkylation sites (tertiary alicyclic amines) is 1. The first-order valence-electron chi connectivity index (χ1n) is 9.48. The van der Waals surface area contributed by atoms with E-state index in [1.807, 2.05) is 6.07 Å². The van der Waals surface area contributed by atoms with Crippen molar-refractivity contribution in [3.63, 3.8) is 0 Å². The van der Waals surface area contributed by atoms with E-state index in [0.717, 1.165) is 26.1 Å². The first-order valence-corrected chi connectivity index (χ1v) is 9.48. The van der Waals surface area contributed by atoms with Crippen LogP contribution < -0.4 is 11.1 Å². The Labute approximate surface area is 162 Å². The second kappa shape index (κ2) is 7.45. The largest absolute Gasteiger partial charge is 0.321 e. The molecule has 1 N–H and O–H groups in total. The van der Waals surface area contributed by atoms with Gasteiger partial charge in [-0.05, 0) is 49.1 Å². The highest BCUT2D eigenvalue weighted by atomic mass is 16.1. The maximum Gasteiger partial charge on any atom is 0.266 e. The van der Waals surface area contributed by atoms with Crippen molar-refractivity contribution in [3.05, 3.63) is 80.0 Å². The van der Waals surface area contributed by atoms with Crippen LogP contribution in [0.15, 0.2) is 52.2 Å². The summed E-state index contributed by atoms with van der Waals surface area (Å²) in [5.74, 6) is 0.400. The molecule has 28 heavy (non-hydrogen) atoms. The van der Waals surface area contributed by atoms with Gasteiger partial charge >= 0.3 is 0 Å². The second-order valence-corrected chi connectivity index (χ2v) is 7.54. The van der Waals surface area contributed by atoms with Crippen LogP contribution in [-0.2, 0) is 13.1 Å². The monoisotopic (exact) mass is 374 g/mol. The fourth-order valence-electron chi connectivity index (χ4n) is 3.98. The molecule has 0 amide bonds. The van der Waals surface area contributed by atoms with Crippen molar-refractivity contribution in [2.24, 2.45) is 5.92 Å². The number of rotatable bonds is 4. The molecule has 1 aromatic carbocycles. The molecule has 142 valence electrons. The second-order valence-electron chi connectivity index (χ2n) is 7.54. The summed E-state index contributed by atoms with van der Waals surface area (Å²) in [7, 11) is 0. The van der Waals surface area contributed by atoms with Crippen LogP contribution in [0.3, 0.4) is 0 Å². The summed E-state index contributed by atoms with van der Waals surface area (Å²) in [6.07, 6.45) is 2.78. The number of fused-ring (bicyclic) bond motifs is 1. The lowest BCUT2D eigenvalue weighted by Crippen LogP contribution is -2.27. The van der Waals surface area contributed by atoms with Crippen LogP contribution in [0.25, 0.3) is 10.9 Å². The maximum atomic E-state index is 12.8. The van der Waals surface area contributed by atoms with E-state index in [-0.39, 0.29) is 11.1 Å². The lowest BCUT2D eigenvalue weighted by molar-refractivity contribution is 0.308. The molecule has 1 unspecified atom stereocenters. The van der Waals surface area contributed by atoms with Crippen LogP contribution in [0, 0.1) is 24.2 Å². The van der Waals surface area contributed by atoms with Gasteiger partial charge in [0.1, 0.15) is 11.6 Å². The summed E-state index contributed by atoms with van der Waals surface area (Å²) < 4.78 is 1.70. The number of aromatic amines is 1. The van der Waals surface area contributed by atoms with Crippen molar-refractivity contribution < 1.29 is 0 Å². The van der Waals surface area contributed by atoms with Crippen LogP contribution in [-0.4, -0.2) is 27.5 Å². The van der Waals surface area contributed by atoms with Crippen LogP contribution in [0.2, 0.25) is 0 Å². The van der Waals surface area contributed by atoms with E-state index in [1.54, 1.807) is 16.8 Å². The van der Waals surface area contributed by atoms with E-state index < -0.39 is 5.56 Å². The fourth-order valence-corrected chi connectivity index (χ4v) is 3.98. The molecular weight excluding hydrogens is 352 g/mol. The summed E-state index contributed by atoms with van der Waals surface area (Å²) in [5.41, 5.74) is 2.46. The van der Waals surface area contributed by atoms with Gasteiger partial charge in [0.15, 0.2) is 0 Å². The lowest BCUT2D eigenvalue weighted by Gasteiger charge is -2.18. The zero-order valence-corrected chi connectivity index (χ0v) is 15.8. The number of hydrogen-bond donors (Lipinski definition) is 1. The SMILES string of the molecule is Cc1ccccc1CN1CCC(Cn2ccc3[nH]c(=O)c(C#N)cc3c2=O)C1. The summed E-state index contributed by atoms with van der Waals surface area (Å²) in [4.78, 5) is 29.6. The molecule has 1 aliphatic rings. The number of aryl methyl sites for hydroxylation is 1. The first-order chi connectivity index (χ1) is 13.5. The maximum absolute atomic E-state index is 12.8. The van der Waals surface area contributed by atoms with Gasteiger partial charge in [0.25, 0.3) is 11.1 Å². The summed E-state index contributed by atoms with van der Waals surface area (Å²) in [6, 6.07) is 13.4. The zero-order valence-electron chi connectivity index (χ0n) is 15.8. The molecule has 4 rings (SSSR count). The molecular formula is C22H22N4O2. The van der Waals surface area contributed by atoms with Crippen molar-refractivity contribution in [2.45, 2.75) is 26.4 Å². The van der Waals surface area contributed by atoms with Gasteiger partial charge in [0.05, 0.1) is 10.9 Å². The van der Waals surface area contributed by atoms with Crippen LogP contribution in [0.5, 0.6) is 0 Å². The fraction of sp³-hybridized carbons (Fsp3) is 0.318. The van der Waals surface area contributed by atoms with Gasteiger partial charge in [-0.1, -0.05) is 24.3 Å². The normalized spacial score (nSPS) is 17.1. The quantitative estimate of drug-likeness (QED) is 0.760. The number of nitriles is 1. The predicted octanol–water partition coefficient (Wildman–Crippen LogP) is 2.39. The Kier molecular flexibility index (Phi) is 4.84. The molecule has 1 aliphatic heterocycles. The molecule has 3 aromatic rings. The van der Waals surface area contributed by atoms with Gasteiger partial charge in [0.2, 0.25) is 0 Å². The van der Waals surface area contributed by atoms with E-state index in [2.05, 4.69) is 41.1 Å². The van der Waals surface area contributed by atoms with Crippen LogP contribution in [0.1, 0.15) is 23.1 Å². The number of nitrogens with zero attached hydrogens (tertiary/aromatic N) is 3. The summed E-state index contributed by atoms with van der Waals surface area (Å²) >= 11 is 0. The van der Waals surface area contributed by atoms with Crippen LogP contribution >= 0.6 is 0 Å². The molecule has 3 heterocycles. The molecule has 0 bridgehead atoms. The minimum atomic E-state index is -0.463. The van der Waals surface area contributed by atoms with E-state index in [1.165, 1.54) is 17.2 Å². The topological polar surface area (TPSA) is 81.9 Å². The third kappa shape index (κ3) is 3.49. The zero-order chi connectivity index (χ0) is 19.7. The Balaban J connectivity index is 1.51. The molecule has 0 saturated carbocycles. The smallest absolute Gasteiger partial charge is 0.266 e. The van der Waals surface area contributed by atoms with Crippen molar-refractivity contribution in [1.82, 2.24) is 14.5 Å². The Morgan fingerprint density at radius 1 is 1.25 bits per heavy atom. The van der Waals surface area contributed by atoms with E-state index in [0.29, 0.717) is 23.4 Å². The highest BCUT2D eigenvalue weighted by molar-refractivity contribution is 5.78. The van der Waals surface area contributed by atoms with E-state index in [4.69, 9.17) is 5.26 Å². The molecule has 1 saturated heterocycles. The number of hydrogen-bond acceptors (Lipinski definition) is 4. The number of aromatic nitrogens is 2. The number of benzene rings is 1. The minimum absolute atomic E-state index is 0.0346. The Bertz CT molecular complexity index is 1190. The van der Waals surface area contributed by atoms with Gasteiger partial charge in [-0.25, -0.2) is 0 Å². The van der Waals surface area contributed by atoms with Gasteiger partial charge in [-0.3, -0.25) is 14.5 Å². The van der Waals surface area contributed by atoms with Gasteiger partial charge in [-0.15, -0.1) is 0 Å². The van der Waals surface area contributed by atoms with Gasteiger partial charge < -0.3 is 9.55 Å². The van der Waals surface area contributed by atoms with Gasteiger partial charge in [0, 0.05) is 25.8 Å². The Morgan fingerprint density at radius 3 is 2.86 bits per heavy atom. The molecule has 2 aromatic heterocycles. The number of H-pyrrole nitrogens is 1. The predicted molar refractivity (Wildman–Crippen MR) is 108 cm³/mol. The van der Waals surface area contributed by atoms with Crippen LogP contribution in [0.4, 0.5) is 0 Å². The lowest BCUT2D eigenvalue weighted by atomic mass is 10.1. The average molecular weight is 374 g/mol. The summed E-state index contributed by atoms with van der Waals surface area (Å²) in [6.45, 7) is 5.68. The van der Waals surface area contributed by atoms with E-state index >= 15 is 0 Å². The molecule has 6 nitrogen and oxygen atoms in total. The third-order valence-electron chi connectivity index (χ3n) is 5.58. The Hall–Kier alpha value is -3.17. The van der Waals surface area contributed by atoms with Crippen molar-refractivity contribution in [1.29, 1.82) is 5.26 Å². The highest BCUT2D eigenvalue weighted by Gasteiger charge is 2.23. The molecule has 0 spiro atoms. The third-order valence-corrected chi connectivity index (χ3v) is 5.58. The van der Waals surface area contributed by atoms with Crippen molar-refractivity contribution >= 4 is 10.9 Å². The first kappa shape index (κ1) is 18.2. The molecule has 0 aliphatic carbocycles. The van der Waals surface area contributed by atoms with Crippen molar-refractivity contribution in [2.75, 3.05) is 13.1 Å². The average Bonchev–Trinajstić information content (AvgIpc) is 3.12. The van der Waals surface area contributed by atoms with E-state index in [9.17, 15) is 9.59 Å². The molecule has 0 radical (unpaired) electrons.